The Kier molecular flexibility index (Phi) is 1.94. The van der Waals surface area contributed by atoms with Crippen LogP contribution < -0.4 is 5.32 Å². The van der Waals surface area contributed by atoms with Crippen molar-refractivity contribution in [2.24, 2.45) is 0 Å². The lowest BCUT2D eigenvalue weighted by atomic mass is 10.4. The first kappa shape index (κ1) is 8.36. The minimum atomic E-state index is -0.320. The van der Waals surface area contributed by atoms with Crippen molar-refractivity contribution in [3.05, 3.63) is 25.3 Å². The predicted octanol–water partition coefficient (Wildman–Crippen LogP) is 0.477. The molecule has 1 amide bonds. The number of nitrogens with one attached hydrogen (secondary N) is 2. The maximum absolute atomic E-state index is 11.0. The van der Waals surface area contributed by atoms with Crippen LogP contribution in [0, 0.1) is 0 Å². The summed E-state index contributed by atoms with van der Waals surface area (Å²) in [4.78, 5) is 25.6. The van der Waals surface area contributed by atoms with E-state index in [9.17, 15) is 4.79 Å². The van der Waals surface area contributed by atoms with Crippen molar-refractivity contribution in [2.45, 2.75) is 0 Å². The van der Waals surface area contributed by atoms with E-state index in [0.717, 1.165) is 0 Å². The maximum atomic E-state index is 11.0. The molecule has 0 fully saturated rings. The highest BCUT2D eigenvalue weighted by Gasteiger charge is 2.06. The summed E-state index contributed by atoms with van der Waals surface area (Å²) in [6.07, 6.45) is 4.00. The number of aromatic nitrogens is 4. The fraction of sp³-hybridized carbons (Fsp3) is 0. The van der Waals surface area contributed by atoms with Gasteiger partial charge in [-0.2, -0.15) is 0 Å². The van der Waals surface area contributed by atoms with Crippen LogP contribution in [0.25, 0.3) is 11.2 Å². The van der Waals surface area contributed by atoms with Crippen molar-refractivity contribution in [3.63, 3.8) is 0 Å². The third-order valence-electron chi connectivity index (χ3n) is 1.65. The van der Waals surface area contributed by atoms with Crippen molar-refractivity contribution in [1.82, 2.24) is 19.9 Å². The summed E-state index contributed by atoms with van der Waals surface area (Å²) in [6.45, 7) is 3.34. The van der Waals surface area contributed by atoms with Gasteiger partial charge < -0.3 is 10.3 Å². The van der Waals surface area contributed by atoms with Gasteiger partial charge in [0, 0.05) is 0 Å². The zero-order valence-electron chi connectivity index (χ0n) is 7.19. The van der Waals surface area contributed by atoms with E-state index >= 15 is 0 Å². The van der Waals surface area contributed by atoms with Crippen molar-refractivity contribution >= 4 is 22.9 Å². The molecule has 2 rings (SSSR count). The lowest BCUT2D eigenvalue weighted by Crippen LogP contribution is -2.09. The van der Waals surface area contributed by atoms with Crippen molar-refractivity contribution in [3.8, 4) is 0 Å². The molecule has 0 radical (unpaired) electrons. The highest BCUT2D eigenvalue weighted by atomic mass is 16.1. The van der Waals surface area contributed by atoms with Crippen molar-refractivity contribution in [2.75, 3.05) is 5.32 Å². The van der Waals surface area contributed by atoms with Gasteiger partial charge in [0.2, 0.25) is 5.91 Å². The quantitative estimate of drug-likeness (QED) is 0.673. The minimum Gasteiger partial charge on any atom is -0.340 e. The Morgan fingerprint density at radius 2 is 2.36 bits per heavy atom. The molecule has 70 valence electrons. The summed E-state index contributed by atoms with van der Waals surface area (Å²) in [5.41, 5.74) is 1.11. The molecule has 0 spiro atoms. The number of aromatic amines is 1. The monoisotopic (exact) mass is 189 g/mol. The van der Waals surface area contributed by atoms with Gasteiger partial charge in [0.05, 0.1) is 6.33 Å². The third-order valence-corrected chi connectivity index (χ3v) is 1.65. The highest BCUT2D eigenvalue weighted by molar-refractivity contribution is 6.02. The van der Waals surface area contributed by atoms with E-state index in [0.29, 0.717) is 17.0 Å². The number of anilines is 1. The average molecular weight is 189 g/mol. The summed E-state index contributed by atoms with van der Waals surface area (Å²) >= 11 is 0. The average Bonchev–Trinajstić information content (AvgIpc) is 2.66. The first-order chi connectivity index (χ1) is 6.81. The van der Waals surface area contributed by atoms with E-state index in [4.69, 9.17) is 0 Å². The SMILES string of the molecule is C=CC(=O)Nc1ncnc2nc[nH]c12. The number of imidazole rings is 1. The summed E-state index contributed by atoms with van der Waals surface area (Å²) in [6, 6.07) is 0. The summed E-state index contributed by atoms with van der Waals surface area (Å²) in [5, 5.41) is 2.54. The molecule has 0 aliphatic rings. The second kappa shape index (κ2) is 3.25. The number of hydrogen-bond acceptors (Lipinski definition) is 4. The Labute approximate surface area is 79.1 Å². The fourth-order valence-electron chi connectivity index (χ4n) is 1.03. The van der Waals surface area contributed by atoms with Gasteiger partial charge in [0.25, 0.3) is 0 Å². The van der Waals surface area contributed by atoms with Crippen molar-refractivity contribution in [1.29, 1.82) is 0 Å². The van der Waals surface area contributed by atoms with Gasteiger partial charge in [0.1, 0.15) is 11.8 Å². The number of carbonyl (C=O) groups excluding carboxylic acids is 1. The van der Waals surface area contributed by atoms with Gasteiger partial charge in [-0.25, -0.2) is 15.0 Å². The number of hydrogen-bond donors (Lipinski definition) is 2. The molecule has 0 unspecified atom stereocenters. The first-order valence-corrected chi connectivity index (χ1v) is 3.89. The predicted molar refractivity (Wildman–Crippen MR) is 50.5 cm³/mol. The summed E-state index contributed by atoms with van der Waals surface area (Å²) < 4.78 is 0. The van der Waals surface area contributed by atoms with E-state index in [2.05, 4.69) is 31.8 Å². The summed E-state index contributed by atoms with van der Waals surface area (Å²) in [7, 11) is 0. The summed E-state index contributed by atoms with van der Waals surface area (Å²) in [5.74, 6) is 0.0806. The van der Waals surface area contributed by atoms with Gasteiger partial charge in [-0.05, 0) is 6.08 Å². The van der Waals surface area contributed by atoms with Crippen LogP contribution in [0.1, 0.15) is 0 Å². The van der Waals surface area contributed by atoms with Gasteiger partial charge in [0.15, 0.2) is 11.5 Å². The van der Waals surface area contributed by atoms with Gasteiger partial charge in [-0.15, -0.1) is 0 Å². The van der Waals surface area contributed by atoms with E-state index in [1.165, 1.54) is 18.7 Å². The largest absolute Gasteiger partial charge is 0.340 e. The minimum absolute atomic E-state index is 0.320. The van der Waals surface area contributed by atoms with E-state index in [1.54, 1.807) is 0 Å². The molecule has 0 bridgehead atoms. The Hall–Kier alpha value is -2.24. The number of H-pyrrole nitrogens is 1. The molecule has 0 aromatic carbocycles. The Balaban J connectivity index is 2.46. The molecule has 2 aromatic heterocycles. The highest BCUT2D eigenvalue weighted by Crippen LogP contribution is 2.13. The van der Waals surface area contributed by atoms with Gasteiger partial charge in [-0.3, -0.25) is 4.79 Å². The second-order valence-corrected chi connectivity index (χ2v) is 2.52. The van der Waals surface area contributed by atoms with Crippen LogP contribution in [0.4, 0.5) is 5.82 Å². The molecule has 0 aliphatic heterocycles. The van der Waals surface area contributed by atoms with E-state index in [1.807, 2.05) is 0 Å². The lowest BCUT2D eigenvalue weighted by Gasteiger charge is -2.00. The smallest absolute Gasteiger partial charge is 0.248 e. The molecule has 2 heterocycles. The normalized spacial score (nSPS) is 10.0. The number of fused-ring (bicyclic) bond motifs is 1. The van der Waals surface area contributed by atoms with E-state index in [-0.39, 0.29) is 5.91 Å². The molecule has 0 atom stereocenters. The van der Waals surface area contributed by atoms with Crippen LogP contribution >= 0.6 is 0 Å². The standard InChI is InChI=1S/C8H7N5O/c1-2-5(14)13-8-6-7(10-3-9-6)11-4-12-8/h2-4H,1H2,(H2,9,10,11,12,13,14). The van der Waals surface area contributed by atoms with Gasteiger partial charge >= 0.3 is 0 Å². The molecule has 2 N–H and O–H groups in total. The molecule has 6 nitrogen and oxygen atoms in total. The molecular formula is C8H7N5O. The van der Waals surface area contributed by atoms with Crippen LogP contribution in [0.15, 0.2) is 25.3 Å². The third kappa shape index (κ3) is 1.33. The zero-order valence-corrected chi connectivity index (χ0v) is 7.19. The number of nitrogens with zero attached hydrogens (tertiary/aromatic N) is 3. The molecule has 6 heteroatoms. The second-order valence-electron chi connectivity index (χ2n) is 2.52. The molecule has 2 aromatic rings. The first-order valence-electron chi connectivity index (χ1n) is 3.89. The molecule has 0 saturated carbocycles. The van der Waals surface area contributed by atoms with Crippen molar-refractivity contribution < 1.29 is 4.79 Å². The number of carbonyl (C=O) groups is 1. The van der Waals surface area contributed by atoms with Crippen LogP contribution in [0.2, 0.25) is 0 Å². The molecule has 0 saturated heterocycles. The number of rotatable bonds is 2. The van der Waals surface area contributed by atoms with Crippen LogP contribution in [-0.4, -0.2) is 25.8 Å². The molecular weight excluding hydrogens is 182 g/mol. The molecule has 14 heavy (non-hydrogen) atoms. The Morgan fingerprint density at radius 1 is 1.50 bits per heavy atom. The van der Waals surface area contributed by atoms with Crippen LogP contribution in [0.3, 0.4) is 0 Å². The number of amides is 1. The fourth-order valence-corrected chi connectivity index (χ4v) is 1.03. The topological polar surface area (TPSA) is 83.6 Å². The molecule has 0 aliphatic carbocycles. The maximum Gasteiger partial charge on any atom is 0.248 e. The zero-order chi connectivity index (χ0) is 9.97. The van der Waals surface area contributed by atoms with E-state index < -0.39 is 0 Å². The Bertz CT molecular complexity index is 489. The Morgan fingerprint density at radius 3 is 3.14 bits per heavy atom. The van der Waals surface area contributed by atoms with Crippen LogP contribution in [-0.2, 0) is 4.79 Å². The van der Waals surface area contributed by atoms with Gasteiger partial charge in [-0.1, -0.05) is 6.58 Å². The lowest BCUT2D eigenvalue weighted by molar-refractivity contribution is -0.111. The van der Waals surface area contributed by atoms with Crippen LogP contribution in [0.5, 0.6) is 0 Å².